The van der Waals surface area contributed by atoms with Crippen LogP contribution in [0.3, 0.4) is 0 Å². The molecular weight excluding hydrogens is 791 g/mol. The Balaban J connectivity index is 4.48. The topological polar surface area (TPSA) is 95.9 Å². The molecular formula is C58H109NO5. The molecule has 376 valence electrons. The van der Waals surface area contributed by atoms with Gasteiger partial charge in [0.1, 0.15) is 6.10 Å². The summed E-state index contributed by atoms with van der Waals surface area (Å²) in [7, 11) is 0. The largest absolute Gasteiger partial charge is 0.462 e. The van der Waals surface area contributed by atoms with Gasteiger partial charge in [-0.15, -0.1) is 0 Å². The zero-order valence-corrected chi connectivity index (χ0v) is 42.9. The van der Waals surface area contributed by atoms with Gasteiger partial charge in [0.15, 0.2) is 0 Å². The summed E-state index contributed by atoms with van der Waals surface area (Å²) in [6.45, 7) is 6.40. The lowest BCUT2D eigenvalue weighted by atomic mass is 10.0. The molecule has 0 aromatic carbocycles. The molecule has 0 aliphatic rings. The van der Waals surface area contributed by atoms with E-state index in [2.05, 4.69) is 62.5 Å². The van der Waals surface area contributed by atoms with Crippen LogP contribution in [0.2, 0.25) is 0 Å². The van der Waals surface area contributed by atoms with E-state index in [0.29, 0.717) is 19.3 Å². The first kappa shape index (κ1) is 62.1. The van der Waals surface area contributed by atoms with Crippen molar-refractivity contribution in [3.8, 4) is 0 Å². The van der Waals surface area contributed by atoms with Crippen LogP contribution in [0.4, 0.5) is 0 Å². The number of ether oxygens (including phenoxy) is 1. The molecule has 64 heavy (non-hydrogen) atoms. The molecule has 0 saturated heterocycles. The molecule has 0 radical (unpaired) electrons. The third-order valence-electron chi connectivity index (χ3n) is 13.0. The minimum atomic E-state index is -0.788. The van der Waals surface area contributed by atoms with Gasteiger partial charge in [-0.05, 0) is 57.8 Å². The number of hydrogen-bond donors (Lipinski definition) is 3. The standard InChI is InChI=1S/C58H109NO5/c1-4-7-10-13-16-19-22-25-27-29-30-32-35-38-41-44-47-50-56(61)55(53-60)59-57(62)52-54(49-46-43-40-37-34-24-21-18-15-12-9-6-3)64-58(63)51-48-45-42-39-36-33-31-28-26-23-20-17-14-11-8-5-2/h8,11,17,20,26,28,54-56,60-61H,4-7,9-10,12-16,18-19,21-25,27,29-53H2,1-3H3,(H,59,62)/b11-8+,20-17+,28-26+. The Morgan fingerprint density at radius 3 is 1.28 bits per heavy atom. The van der Waals surface area contributed by atoms with Crippen molar-refractivity contribution in [2.75, 3.05) is 6.61 Å². The molecule has 0 aliphatic carbocycles. The summed E-state index contributed by atoms with van der Waals surface area (Å²) >= 11 is 0. The van der Waals surface area contributed by atoms with Gasteiger partial charge in [0.05, 0.1) is 25.2 Å². The van der Waals surface area contributed by atoms with Crippen molar-refractivity contribution in [2.24, 2.45) is 0 Å². The molecule has 3 N–H and O–H groups in total. The molecule has 0 fully saturated rings. The quantitative estimate of drug-likeness (QED) is 0.0321. The lowest BCUT2D eigenvalue weighted by Gasteiger charge is -2.24. The summed E-state index contributed by atoms with van der Waals surface area (Å²) in [6.07, 6.45) is 62.1. The van der Waals surface area contributed by atoms with Crippen LogP contribution >= 0.6 is 0 Å². The number of esters is 1. The number of nitrogens with one attached hydrogen (secondary N) is 1. The third-order valence-corrected chi connectivity index (χ3v) is 13.0. The molecule has 3 atom stereocenters. The molecule has 0 bridgehead atoms. The van der Waals surface area contributed by atoms with Crippen LogP contribution in [0.25, 0.3) is 0 Å². The lowest BCUT2D eigenvalue weighted by Crippen LogP contribution is -2.46. The first-order chi connectivity index (χ1) is 31.5. The highest BCUT2D eigenvalue weighted by molar-refractivity contribution is 5.77. The first-order valence-corrected chi connectivity index (χ1v) is 28.2. The van der Waals surface area contributed by atoms with E-state index in [-0.39, 0.29) is 24.9 Å². The monoisotopic (exact) mass is 900 g/mol. The Morgan fingerprint density at radius 1 is 0.469 bits per heavy atom. The molecule has 0 saturated carbocycles. The first-order valence-electron chi connectivity index (χ1n) is 28.2. The Bertz CT molecular complexity index is 1060. The molecule has 3 unspecified atom stereocenters. The van der Waals surface area contributed by atoms with E-state index in [0.717, 1.165) is 70.6 Å². The highest BCUT2D eigenvalue weighted by Crippen LogP contribution is 2.19. The smallest absolute Gasteiger partial charge is 0.306 e. The van der Waals surface area contributed by atoms with Crippen molar-refractivity contribution >= 4 is 11.9 Å². The maximum Gasteiger partial charge on any atom is 0.306 e. The van der Waals surface area contributed by atoms with Crippen LogP contribution in [-0.4, -0.2) is 46.9 Å². The van der Waals surface area contributed by atoms with Crippen molar-refractivity contribution < 1.29 is 24.5 Å². The second kappa shape index (κ2) is 52.1. The van der Waals surface area contributed by atoms with Gasteiger partial charge in [0.25, 0.3) is 0 Å². The van der Waals surface area contributed by atoms with Crippen molar-refractivity contribution in [1.82, 2.24) is 5.32 Å². The van der Waals surface area contributed by atoms with Gasteiger partial charge < -0.3 is 20.3 Å². The normalized spacial score (nSPS) is 13.4. The van der Waals surface area contributed by atoms with E-state index < -0.39 is 18.2 Å². The summed E-state index contributed by atoms with van der Waals surface area (Å²) in [5.41, 5.74) is 0. The van der Waals surface area contributed by atoms with E-state index >= 15 is 0 Å². The number of allylic oxidation sites excluding steroid dienone is 6. The van der Waals surface area contributed by atoms with Crippen molar-refractivity contribution in [2.45, 2.75) is 315 Å². The van der Waals surface area contributed by atoms with E-state index in [9.17, 15) is 19.8 Å². The Hall–Kier alpha value is -1.92. The maximum absolute atomic E-state index is 13.2. The fraction of sp³-hybridized carbons (Fsp3) is 0.862. The number of unbranched alkanes of at least 4 members (excludes halogenated alkanes) is 33. The predicted octanol–water partition coefficient (Wildman–Crippen LogP) is 17.2. The Kier molecular flexibility index (Phi) is 50.5. The van der Waals surface area contributed by atoms with Crippen LogP contribution < -0.4 is 5.32 Å². The maximum atomic E-state index is 13.2. The zero-order chi connectivity index (χ0) is 46.7. The van der Waals surface area contributed by atoms with Crippen molar-refractivity contribution in [3.63, 3.8) is 0 Å². The van der Waals surface area contributed by atoms with E-state index in [1.165, 1.54) is 180 Å². The summed E-state index contributed by atoms with van der Waals surface area (Å²) in [5.74, 6) is -0.474. The fourth-order valence-electron chi connectivity index (χ4n) is 8.74. The highest BCUT2D eigenvalue weighted by Gasteiger charge is 2.24. The SMILES string of the molecule is CC/C=C/C/C=C/C/C=C/CCCCCCCCC(=O)OC(CCCCCCCCCCCCCC)CC(=O)NC(CO)C(O)CCCCCCCCCCCCCCCCCCC. The lowest BCUT2D eigenvalue weighted by molar-refractivity contribution is -0.151. The molecule has 0 aromatic heterocycles. The second-order valence-electron chi connectivity index (χ2n) is 19.3. The Labute approximate surface area is 398 Å². The number of aliphatic hydroxyl groups excluding tert-OH is 2. The molecule has 0 aliphatic heterocycles. The molecule has 0 spiro atoms. The summed E-state index contributed by atoms with van der Waals surface area (Å²) in [5, 5.41) is 23.9. The minimum absolute atomic E-state index is 0.0765. The molecule has 0 aromatic rings. The average molecular weight is 901 g/mol. The van der Waals surface area contributed by atoms with Gasteiger partial charge in [-0.3, -0.25) is 9.59 Å². The van der Waals surface area contributed by atoms with Crippen molar-refractivity contribution in [1.29, 1.82) is 0 Å². The number of rotatable bonds is 51. The molecule has 6 heteroatoms. The summed E-state index contributed by atoms with van der Waals surface area (Å²) in [6, 6.07) is -0.701. The van der Waals surface area contributed by atoms with Gasteiger partial charge in [-0.2, -0.15) is 0 Å². The third kappa shape index (κ3) is 46.6. The fourth-order valence-corrected chi connectivity index (χ4v) is 8.74. The molecule has 0 heterocycles. The van der Waals surface area contributed by atoms with Gasteiger partial charge >= 0.3 is 5.97 Å². The van der Waals surface area contributed by atoms with Crippen LogP contribution in [0.1, 0.15) is 297 Å². The van der Waals surface area contributed by atoms with Gasteiger partial charge in [-0.25, -0.2) is 0 Å². The molecule has 6 nitrogen and oxygen atoms in total. The van der Waals surface area contributed by atoms with Crippen LogP contribution in [0.15, 0.2) is 36.5 Å². The zero-order valence-electron chi connectivity index (χ0n) is 42.9. The number of carbonyl (C=O) groups is 2. The van der Waals surface area contributed by atoms with E-state index in [4.69, 9.17) is 4.74 Å². The van der Waals surface area contributed by atoms with Gasteiger partial charge in [0, 0.05) is 6.42 Å². The van der Waals surface area contributed by atoms with Gasteiger partial charge in [-0.1, -0.05) is 263 Å². The number of amides is 1. The predicted molar refractivity (Wildman–Crippen MR) is 278 cm³/mol. The van der Waals surface area contributed by atoms with Crippen LogP contribution in [-0.2, 0) is 14.3 Å². The van der Waals surface area contributed by atoms with Crippen molar-refractivity contribution in [3.05, 3.63) is 36.5 Å². The van der Waals surface area contributed by atoms with Crippen LogP contribution in [0.5, 0.6) is 0 Å². The molecule has 1 amide bonds. The van der Waals surface area contributed by atoms with E-state index in [1.54, 1.807) is 0 Å². The Morgan fingerprint density at radius 2 is 0.844 bits per heavy atom. The highest BCUT2D eigenvalue weighted by atomic mass is 16.5. The summed E-state index contributed by atoms with van der Waals surface area (Å²) in [4.78, 5) is 26.2. The molecule has 0 rings (SSSR count). The summed E-state index contributed by atoms with van der Waals surface area (Å²) < 4.78 is 5.95. The average Bonchev–Trinajstić information content (AvgIpc) is 3.29. The number of carbonyl (C=O) groups excluding carboxylic acids is 2. The minimum Gasteiger partial charge on any atom is -0.462 e. The van der Waals surface area contributed by atoms with Gasteiger partial charge in [0.2, 0.25) is 5.91 Å². The van der Waals surface area contributed by atoms with Crippen LogP contribution in [0, 0.1) is 0 Å². The second-order valence-corrected chi connectivity index (χ2v) is 19.3. The van der Waals surface area contributed by atoms with E-state index in [1.807, 2.05) is 0 Å². The number of aliphatic hydroxyl groups is 2. The number of hydrogen-bond acceptors (Lipinski definition) is 5.